The summed E-state index contributed by atoms with van der Waals surface area (Å²) in [6.45, 7) is 0. The average Bonchev–Trinajstić information content (AvgIpc) is 2.27. The van der Waals surface area contributed by atoms with Gasteiger partial charge in [-0.15, -0.1) is 0 Å². The molecule has 0 fully saturated rings. The number of ketones is 1. The number of hydrogen-bond acceptors (Lipinski definition) is 4. The summed E-state index contributed by atoms with van der Waals surface area (Å²) >= 11 is 3.02. The second-order valence-corrected chi connectivity index (χ2v) is 3.30. The van der Waals surface area contributed by atoms with Crippen LogP contribution in [0.1, 0.15) is 15.9 Å². The highest BCUT2D eigenvalue weighted by Crippen LogP contribution is 2.28. The Morgan fingerprint density at radius 3 is 2.80 bits per heavy atom. The summed E-state index contributed by atoms with van der Waals surface area (Å²) in [5.74, 6) is -0.150. The summed E-state index contributed by atoms with van der Waals surface area (Å²) in [6, 6.07) is 4.38. The van der Waals surface area contributed by atoms with Gasteiger partial charge in [0.2, 0.25) is 0 Å². The van der Waals surface area contributed by atoms with E-state index in [2.05, 4.69) is 15.9 Å². The second-order valence-electron chi connectivity index (χ2n) is 2.74. The first kappa shape index (κ1) is 11.5. The molecule has 0 heterocycles. The molecule has 78 valence electrons. The standard InChI is InChI=1S/C10H8BrNO3/c1-15-10-2-6(5-12)8(13)3-7(10)9(14)4-11/h2-3,13H,4H2,1H3. The van der Waals surface area contributed by atoms with Gasteiger partial charge in [0.15, 0.2) is 5.78 Å². The van der Waals surface area contributed by atoms with Crippen molar-refractivity contribution in [1.82, 2.24) is 0 Å². The molecule has 0 aliphatic carbocycles. The van der Waals surface area contributed by atoms with Crippen LogP contribution >= 0.6 is 15.9 Å². The predicted molar refractivity (Wildman–Crippen MR) is 57.5 cm³/mol. The third kappa shape index (κ3) is 2.28. The quantitative estimate of drug-likeness (QED) is 0.672. The highest BCUT2D eigenvalue weighted by Gasteiger charge is 2.14. The highest BCUT2D eigenvalue weighted by atomic mass is 79.9. The Kier molecular flexibility index (Phi) is 3.69. The number of benzene rings is 1. The first-order valence-corrected chi connectivity index (χ1v) is 5.16. The van der Waals surface area contributed by atoms with Crippen LogP contribution in [0.15, 0.2) is 12.1 Å². The van der Waals surface area contributed by atoms with Crippen molar-refractivity contribution >= 4 is 21.7 Å². The molecule has 0 aromatic heterocycles. The third-order valence-corrected chi connectivity index (χ3v) is 2.37. The maximum absolute atomic E-state index is 11.4. The second kappa shape index (κ2) is 4.80. The van der Waals surface area contributed by atoms with Gasteiger partial charge < -0.3 is 9.84 Å². The Balaban J connectivity index is 3.35. The van der Waals surface area contributed by atoms with Crippen molar-refractivity contribution in [3.05, 3.63) is 23.3 Å². The molecule has 0 aliphatic heterocycles. The zero-order valence-electron chi connectivity index (χ0n) is 7.95. The van der Waals surface area contributed by atoms with Crippen molar-refractivity contribution in [1.29, 1.82) is 5.26 Å². The van der Waals surface area contributed by atoms with Crippen molar-refractivity contribution in [2.75, 3.05) is 12.4 Å². The van der Waals surface area contributed by atoms with Gasteiger partial charge in [-0.2, -0.15) is 5.26 Å². The summed E-state index contributed by atoms with van der Waals surface area (Å²) in [6.07, 6.45) is 0. The zero-order valence-corrected chi connectivity index (χ0v) is 9.54. The molecule has 0 spiro atoms. The SMILES string of the molecule is COc1cc(C#N)c(O)cc1C(=O)CBr. The monoisotopic (exact) mass is 269 g/mol. The third-order valence-electron chi connectivity index (χ3n) is 1.86. The minimum atomic E-state index is -0.220. The first-order chi connectivity index (χ1) is 7.13. The van der Waals surface area contributed by atoms with Gasteiger partial charge in [-0.05, 0) is 6.07 Å². The molecule has 15 heavy (non-hydrogen) atoms. The molecule has 5 heteroatoms. The largest absolute Gasteiger partial charge is 0.507 e. The number of aromatic hydroxyl groups is 1. The lowest BCUT2D eigenvalue weighted by atomic mass is 10.1. The molecule has 0 saturated heterocycles. The summed E-state index contributed by atoms with van der Waals surface area (Å²) < 4.78 is 4.96. The van der Waals surface area contributed by atoms with E-state index in [4.69, 9.17) is 10.00 Å². The number of alkyl halides is 1. The number of methoxy groups -OCH3 is 1. The van der Waals surface area contributed by atoms with Gasteiger partial charge in [0.1, 0.15) is 17.6 Å². The molecule has 1 aromatic carbocycles. The average molecular weight is 270 g/mol. The van der Waals surface area contributed by atoms with Crippen LogP contribution in [0.4, 0.5) is 0 Å². The van der Waals surface area contributed by atoms with Crippen LogP contribution in [0, 0.1) is 11.3 Å². The summed E-state index contributed by atoms with van der Waals surface area (Å²) in [7, 11) is 1.40. The van der Waals surface area contributed by atoms with E-state index in [-0.39, 0.29) is 33.7 Å². The molecule has 0 radical (unpaired) electrons. The number of Topliss-reactive ketones (excluding diaryl/α,β-unsaturated/α-hetero) is 1. The minimum absolute atomic E-state index is 0.0815. The number of phenolic OH excluding ortho intramolecular Hbond substituents is 1. The number of carbonyl (C=O) groups excluding carboxylic acids is 1. The number of rotatable bonds is 3. The Morgan fingerprint density at radius 2 is 2.33 bits per heavy atom. The maximum Gasteiger partial charge on any atom is 0.177 e. The van der Waals surface area contributed by atoms with Crippen molar-refractivity contribution < 1.29 is 14.6 Å². The van der Waals surface area contributed by atoms with Gasteiger partial charge in [0.05, 0.1) is 23.6 Å². The van der Waals surface area contributed by atoms with Crippen molar-refractivity contribution in [2.24, 2.45) is 0 Å². The summed E-state index contributed by atoms with van der Waals surface area (Å²) in [5, 5.41) is 18.2. The van der Waals surface area contributed by atoms with Gasteiger partial charge in [0, 0.05) is 6.07 Å². The van der Waals surface area contributed by atoms with E-state index in [0.717, 1.165) is 0 Å². The van der Waals surface area contributed by atoms with Crippen LogP contribution in [0.5, 0.6) is 11.5 Å². The van der Waals surface area contributed by atoms with Gasteiger partial charge in [-0.25, -0.2) is 0 Å². The number of hydrogen-bond donors (Lipinski definition) is 1. The van der Waals surface area contributed by atoms with E-state index in [1.165, 1.54) is 19.2 Å². The molecule has 0 saturated carbocycles. The number of nitriles is 1. The van der Waals surface area contributed by atoms with E-state index in [1.54, 1.807) is 6.07 Å². The van der Waals surface area contributed by atoms with E-state index in [0.29, 0.717) is 0 Å². The molecule has 0 atom stereocenters. The van der Waals surface area contributed by atoms with Crippen LogP contribution < -0.4 is 4.74 Å². The van der Waals surface area contributed by atoms with Crippen LogP contribution in [-0.4, -0.2) is 23.3 Å². The Hall–Kier alpha value is -1.54. The lowest BCUT2D eigenvalue weighted by Crippen LogP contribution is -2.03. The first-order valence-electron chi connectivity index (χ1n) is 4.04. The molecular weight excluding hydrogens is 262 g/mol. The van der Waals surface area contributed by atoms with Crippen molar-refractivity contribution in [3.63, 3.8) is 0 Å². The topological polar surface area (TPSA) is 70.3 Å². The molecule has 4 nitrogen and oxygen atoms in total. The highest BCUT2D eigenvalue weighted by molar-refractivity contribution is 9.09. The van der Waals surface area contributed by atoms with Gasteiger partial charge in [-0.3, -0.25) is 4.79 Å². The number of carbonyl (C=O) groups is 1. The van der Waals surface area contributed by atoms with Crippen LogP contribution in [0.3, 0.4) is 0 Å². The van der Waals surface area contributed by atoms with Crippen LogP contribution in [0.25, 0.3) is 0 Å². The lowest BCUT2D eigenvalue weighted by Gasteiger charge is -2.07. The molecule has 0 aliphatic rings. The normalized spacial score (nSPS) is 9.40. The fourth-order valence-electron chi connectivity index (χ4n) is 1.12. The number of phenols is 1. The molecule has 1 aromatic rings. The number of ether oxygens (including phenoxy) is 1. The van der Waals surface area contributed by atoms with Crippen LogP contribution in [-0.2, 0) is 0 Å². The maximum atomic E-state index is 11.4. The van der Waals surface area contributed by atoms with E-state index in [9.17, 15) is 9.90 Å². The van der Waals surface area contributed by atoms with Crippen LogP contribution in [0.2, 0.25) is 0 Å². The molecule has 1 rings (SSSR count). The summed E-state index contributed by atoms with van der Waals surface area (Å²) in [5.41, 5.74) is 0.337. The van der Waals surface area contributed by atoms with E-state index >= 15 is 0 Å². The van der Waals surface area contributed by atoms with Crippen molar-refractivity contribution in [3.8, 4) is 17.6 Å². The van der Waals surface area contributed by atoms with Crippen molar-refractivity contribution in [2.45, 2.75) is 0 Å². The smallest absolute Gasteiger partial charge is 0.177 e. The number of halogens is 1. The van der Waals surface area contributed by atoms with E-state index < -0.39 is 0 Å². The Bertz CT molecular complexity index is 437. The minimum Gasteiger partial charge on any atom is -0.507 e. The van der Waals surface area contributed by atoms with Gasteiger partial charge in [0.25, 0.3) is 0 Å². The lowest BCUT2D eigenvalue weighted by molar-refractivity contribution is 0.102. The molecule has 0 unspecified atom stereocenters. The number of nitrogens with zero attached hydrogens (tertiary/aromatic N) is 1. The zero-order chi connectivity index (χ0) is 11.4. The molecule has 0 amide bonds. The summed E-state index contributed by atoms with van der Waals surface area (Å²) in [4.78, 5) is 11.4. The fraction of sp³-hybridized carbons (Fsp3) is 0.200. The predicted octanol–water partition coefficient (Wildman–Crippen LogP) is 1.85. The molecule has 0 bridgehead atoms. The molecular formula is C10H8BrNO3. The van der Waals surface area contributed by atoms with Gasteiger partial charge in [-0.1, -0.05) is 15.9 Å². The Morgan fingerprint density at radius 1 is 1.67 bits per heavy atom. The van der Waals surface area contributed by atoms with E-state index in [1.807, 2.05) is 0 Å². The fourth-order valence-corrected chi connectivity index (χ4v) is 1.42. The Labute approximate surface area is 95.2 Å². The molecule has 1 N–H and O–H groups in total. The van der Waals surface area contributed by atoms with Gasteiger partial charge >= 0.3 is 0 Å².